The van der Waals surface area contributed by atoms with Crippen molar-refractivity contribution < 1.29 is 4.79 Å². The van der Waals surface area contributed by atoms with Gasteiger partial charge in [-0.3, -0.25) is 9.59 Å². The second-order valence-corrected chi connectivity index (χ2v) is 6.04. The average molecular weight is 340 g/mol. The maximum absolute atomic E-state index is 12.3. The summed E-state index contributed by atoms with van der Waals surface area (Å²) < 4.78 is 1.22. The zero-order chi connectivity index (χ0) is 16.9. The Bertz CT molecular complexity index is 922. The minimum atomic E-state index is -0.238. The molecule has 24 heavy (non-hydrogen) atoms. The molecule has 0 aliphatic carbocycles. The summed E-state index contributed by atoms with van der Waals surface area (Å²) in [5.74, 6) is -0.172. The molecule has 0 bridgehead atoms. The fourth-order valence-electron chi connectivity index (χ4n) is 2.28. The van der Waals surface area contributed by atoms with Crippen LogP contribution in [-0.4, -0.2) is 27.2 Å². The van der Waals surface area contributed by atoms with Gasteiger partial charge in [0.15, 0.2) is 0 Å². The van der Waals surface area contributed by atoms with Crippen LogP contribution in [0.3, 0.4) is 0 Å². The summed E-state index contributed by atoms with van der Waals surface area (Å²) in [7, 11) is 0. The Morgan fingerprint density at radius 2 is 1.92 bits per heavy atom. The minimum Gasteiger partial charge on any atom is -0.326 e. The maximum atomic E-state index is 12.3. The highest BCUT2D eigenvalue weighted by Crippen LogP contribution is 2.17. The number of benzene rings is 2. The predicted octanol–water partition coefficient (Wildman–Crippen LogP) is 2.54. The van der Waals surface area contributed by atoms with Crippen LogP contribution >= 0.6 is 11.8 Å². The number of anilines is 1. The topological polar surface area (TPSA) is 76.9 Å². The quantitative estimate of drug-likeness (QED) is 0.722. The van der Waals surface area contributed by atoms with E-state index in [0.717, 1.165) is 10.6 Å². The molecule has 7 heteroatoms. The molecule has 0 atom stereocenters. The molecule has 0 saturated heterocycles. The Morgan fingerprint density at radius 3 is 2.67 bits per heavy atom. The lowest BCUT2D eigenvalue weighted by Gasteiger charge is -2.07. The van der Waals surface area contributed by atoms with E-state index in [1.807, 2.05) is 30.5 Å². The molecule has 122 valence electrons. The third-order valence-corrected chi connectivity index (χ3v) is 4.30. The number of aromatic nitrogens is 3. The summed E-state index contributed by atoms with van der Waals surface area (Å²) in [6.45, 7) is 0.186. The molecule has 0 aliphatic heterocycles. The lowest BCUT2D eigenvalue weighted by atomic mass is 10.2. The van der Waals surface area contributed by atoms with Crippen LogP contribution in [0, 0.1) is 0 Å². The molecule has 0 fully saturated rings. The third-order valence-electron chi connectivity index (χ3n) is 3.55. The van der Waals surface area contributed by atoms with Gasteiger partial charge in [-0.15, -0.1) is 16.9 Å². The summed E-state index contributed by atoms with van der Waals surface area (Å²) in [6, 6.07) is 14.6. The normalized spacial score (nSPS) is 10.7. The van der Waals surface area contributed by atoms with E-state index in [4.69, 9.17) is 0 Å². The van der Waals surface area contributed by atoms with E-state index in [2.05, 4.69) is 15.6 Å². The highest BCUT2D eigenvalue weighted by atomic mass is 32.2. The van der Waals surface area contributed by atoms with Gasteiger partial charge in [-0.2, -0.15) is 0 Å². The van der Waals surface area contributed by atoms with Crippen LogP contribution in [0.4, 0.5) is 5.69 Å². The molecule has 0 spiro atoms. The lowest BCUT2D eigenvalue weighted by molar-refractivity contribution is -0.116. The van der Waals surface area contributed by atoms with E-state index in [1.165, 1.54) is 4.68 Å². The van der Waals surface area contributed by atoms with E-state index in [1.54, 1.807) is 36.0 Å². The molecule has 6 nitrogen and oxygen atoms in total. The number of aryl methyl sites for hydroxylation is 1. The smallest absolute Gasteiger partial charge is 0.277 e. The first-order chi connectivity index (χ1) is 11.7. The van der Waals surface area contributed by atoms with Crippen LogP contribution in [0.2, 0.25) is 0 Å². The van der Waals surface area contributed by atoms with Crippen molar-refractivity contribution in [1.29, 1.82) is 0 Å². The SMILES string of the molecule is CSc1ccc(NC(=O)CCn2nnc3ccccc3c2=O)cc1. The van der Waals surface area contributed by atoms with Gasteiger partial charge >= 0.3 is 0 Å². The number of nitrogens with one attached hydrogen (secondary N) is 1. The summed E-state index contributed by atoms with van der Waals surface area (Å²) in [6.07, 6.45) is 2.15. The number of nitrogens with zero attached hydrogens (tertiary/aromatic N) is 3. The molecule has 1 heterocycles. The summed E-state index contributed by atoms with van der Waals surface area (Å²) in [5.41, 5.74) is 1.05. The number of fused-ring (bicyclic) bond motifs is 1. The van der Waals surface area contributed by atoms with Crippen molar-refractivity contribution >= 4 is 34.3 Å². The molecule has 0 radical (unpaired) electrons. The predicted molar refractivity (Wildman–Crippen MR) is 95.3 cm³/mol. The monoisotopic (exact) mass is 340 g/mol. The summed E-state index contributed by atoms with van der Waals surface area (Å²) >= 11 is 1.64. The van der Waals surface area contributed by atoms with Crippen LogP contribution in [0.1, 0.15) is 6.42 Å². The second kappa shape index (κ2) is 7.27. The van der Waals surface area contributed by atoms with Gasteiger partial charge in [-0.05, 0) is 42.7 Å². The van der Waals surface area contributed by atoms with Crippen molar-refractivity contribution in [1.82, 2.24) is 15.0 Å². The van der Waals surface area contributed by atoms with Crippen LogP contribution in [0.25, 0.3) is 10.9 Å². The molecule has 0 aliphatic rings. The first kappa shape index (κ1) is 16.2. The zero-order valence-electron chi connectivity index (χ0n) is 13.1. The van der Waals surface area contributed by atoms with Gasteiger partial charge in [0.2, 0.25) is 5.91 Å². The fourth-order valence-corrected chi connectivity index (χ4v) is 2.68. The van der Waals surface area contributed by atoms with Crippen LogP contribution in [0.5, 0.6) is 0 Å². The minimum absolute atomic E-state index is 0.150. The van der Waals surface area contributed by atoms with Gasteiger partial charge in [0.05, 0.1) is 11.9 Å². The number of hydrogen-bond donors (Lipinski definition) is 1. The van der Waals surface area contributed by atoms with E-state index in [0.29, 0.717) is 10.9 Å². The van der Waals surface area contributed by atoms with Crippen molar-refractivity contribution in [2.45, 2.75) is 17.9 Å². The molecule has 2 aromatic carbocycles. The van der Waals surface area contributed by atoms with Gasteiger partial charge in [0, 0.05) is 17.0 Å². The van der Waals surface area contributed by atoms with Crippen molar-refractivity contribution in [3.05, 3.63) is 58.9 Å². The Labute approximate surface area is 142 Å². The fraction of sp³-hybridized carbons (Fsp3) is 0.176. The van der Waals surface area contributed by atoms with Crippen molar-refractivity contribution in [3.8, 4) is 0 Å². The Morgan fingerprint density at radius 1 is 1.17 bits per heavy atom. The number of hydrogen-bond acceptors (Lipinski definition) is 5. The Balaban J connectivity index is 1.65. The van der Waals surface area contributed by atoms with E-state index < -0.39 is 0 Å². The van der Waals surface area contributed by atoms with Gasteiger partial charge < -0.3 is 5.32 Å². The van der Waals surface area contributed by atoms with Gasteiger partial charge in [-0.25, -0.2) is 4.68 Å². The first-order valence-corrected chi connectivity index (χ1v) is 8.66. The molecule has 0 saturated carbocycles. The highest BCUT2D eigenvalue weighted by Gasteiger charge is 2.08. The molecule has 1 amide bonds. The zero-order valence-corrected chi connectivity index (χ0v) is 13.9. The summed E-state index contributed by atoms with van der Waals surface area (Å²) in [4.78, 5) is 25.5. The molecule has 1 aromatic heterocycles. The lowest BCUT2D eigenvalue weighted by Crippen LogP contribution is -2.26. The first-order valence-electron chi connectivity index (χ1n) is 7.44. The van der Waals surface area contributed by atoms with E-state index in [-0.39, 0.29) is 24.4 Å². The Kier molecular flexibility index (Phi) is 4.90. The van der Waals surface area contributed by atoms with Crippen LogP contribution < -0.4 is 10.9 Å². The maximum Gasteiger partial charge on any atom is 0.277 e. The molecule has 1 N–H and O–H groups in total. The summed E-state index contributed by atoms with van der Waals surface area (Å²) in [5, 5.41) is 11.2. The number of thioether (sulfide) groups is 1. The van der Waals surface area contributed by atoms with Crippen molar-refractivity contribution in [2.75, 3.05) is 11.6 Å². The number of amides is 1. The molecule has 3 aromatic rings. The molecule has 3 rings (SSSR count). The second-order valence-electron chi connectivity index (χ2n) is 5.16. The number of carbonyl (C=O) groups is 1. The van der Waals surface area contributed by atoms with Crippen LogP contribution in [0.15, 0.2) is 58.2 Å². The number of rotatable bonds is 5. The van der Waals surface area contributed by atoms with Crippen molar-refractivity contribution in [3.63, 3.8) is 0 Å². The standard InChI is InChI=1S/C17H16N4O2S/c1-24-13-8-6-12(7-9-13)18-16(22)10-11-21-17(23)14-4-2-3-5-15(14)19-20-21/h2-9H,10-11H2,1H3,(H,18,22). The molecule has 0 unspecified atom stereocenters. The van der Waals surface area contributed by atoms with E-state index in [9.17, 15) is 9.59 Å². The van der Waals surface area contributed by atoms with Gasteiger partial charge in [0.1, 0.15) is 5.52 Å². The van der Waals surface area contributed by atoms with Crippen molar-refractivity contribution in [2.24, 2.45) is 0 Å². The number of carbonyl (C=O) groups excluding carboxylic acids is 1. The average Bonchev–Trinajstić information content (AvgIpc) is 2.62. The molecular weight excluding hydrogens is 324 g/mol. The van der Waals surface area contributed by atoms with Gasteiger partial charge in [-0.1, -0.05) is 17.3 Å². The van der Waals surface area contributed by atoms with Crippen LogP contribution in [-0.2, 0) is 11.3 Å². The largest absolute Gasteiger partial charge is 0.326 e. The Hall–Kier alpha value is -2.67. The highest BCUT2D eigenvalue weighted by molar-refractivity contribution is 7.98. The van der Waals surface area contributed by atoms with Gasteiger partial charge in [0.25, 0.3) is 5.56 Å². The van der Waals surface area contributed by atoms with E-state index >= 15 is 0 Å². The third kappa shape index (κ3) is 3.62. The molecular formula is C17H16N4O2S.